The SMILES string of the molecule is C/C=C1/C=CC(=O)N1. The maximum absolute atomic E-state index is 10.4. The first-order chi connectivity index (χ1) is 3.83. The number of carbonyl (C=O) groups is 1. The van der Waals surface area contributed by atoms with Crippen LogP contribution in [0.1, 0.15) is 6.92 Å². The van der Waals surface area contributed by atoms with E-state index in [-0.39, 0.29) is 5.91 Å². The lowest BCUT2D eigenvalue weighted by Gasteiger charge is -1.89. The first-order valence-electron chi connectivity index (χ1n) is 2.48. The van der Waals surface area contributed by atoms with Crippen molar-refractivity contribution in [3.8, 4) is 0 Å². The molecule has 0 fully saturated rings. The van der Waals surface area contributed by atoms with E-state index in [1.807, 2.05) is 13.0 Å². The van der Waals surface area contributed by atoms with Crippen LogP contribution >= 0.6 is 0 Å². The predicted octanol–water partition coefficient (Wildman–Crippen LogP) is 0.576. The molecule has 1 aliphatic rings. The van der Waals surface area contributed by atoms with Crippen LogP contribution in [-0.2, 0) is 4.79 Å². The highest BCUT2D eigenvalue weighted by Gasteiger charge is 2.02. The van der Waals surface area contributed by atoms with Crippen LogP contribution in [0.2, 0.25) is 0 Å². The molecule has 0 radical (unpaired) electrons. The summed E-state index contributed by atoms with van der Waals surface area (Å²) in [7, 11) is 0. The minimum Gasteiger partial charge on any atom is -0.323 e. The van der Waals surface area contributed by atoms with Crippen molar-refractivity contribution in [3.63, 3.8) is 0 Å². The smallest absolute Gasteiger partial charge is 0.248 e. The number of hydrogen-bond acceptors (Lipinski definition) is 1. The zero-order chi connectivity index (χ0) is 5.98. The normalized spacial score (nSPS) is 22.1. The van der Waals surface area contributed by atoms with Gasteiger partial charge >= 0.3 is 0 Å². The number of rotatable bonds is 0. The molecule has 0 spiro atoms. The molecule has 42 valence electrons. The summed E-state index contributed by atoms with van der Waals surface area (Å²) in [5.41, 5.74) is 0.884. The molecule has 0 atom stereocenters. The van der Waals surface area contributed by atoms with Crippen molar-refractivity contribution in [1.82, 2.24) is 5.32 Å². The highest BCUT2D eigenvalue weighted by molar-refractivity contribution is 5.92. The first kappa shape index (κ1) is 5.09. The van der Waals surface area contributed by atoms with Gasteiger partial charge in [-0.2, -0.15) is 0 Å². The summed E-state index contributed by atoms with van der Waals surface area (Å²) < 4.78 is 0. The van der Waals surface area contributed by atoms with Gasteiger partial charge in [-0.05, 0) is 13.0 Å². The Morgan fingerprint density at radius 2 is 2.38 bits per heavy atom. The summed E-state index contributed by atoms with van der Waals surface area (Å²) in [6, 6.07) is 0. The van der Waals surface area contributed by atoms with Crippen LogP contribution in [0.4, 0.5) is 0 Å². The summed E-state index contributed by atoms with van der Waals surface area (Å²) in [4.78, 5) is 10.4. The van der Waals surface area contributed by atoms with E-state index in [0.717, 1.165) is 5.70 Å². The molecule has 1 N–H and O–H groups in total. The largest absolute Gasteiger partial charge is 0.323 e. The van der Waals surface area contributed by atoms with Crippen molar-refractivity contribution < 1.29 is 4.79 Å². The Hall–Kier alpha value is -1.05. The van der Waals surface area contributed by atoms with E-state index in [2.05, 4.69) is 5.32 Å². The molecule has 2 nitrogen and oxygen atoms in total. The van der Waals surface area contributed by atoms with E-state index >= 15 is 0 Å². The highest BCUT2D eigenvalue weighted by Crippen LogP contribution is 1.97. The quantitative estimate of drug-likeness (QED) is 0.484. The summed E-state index contributed by atoms with van der Waals surface area (Å²) >= 11 is 0. The maximum atomic E-state index is 10.4. The van der Waals surface area contributed by atoms with Gasteiger partial charge < -0.3 is 5.32 Å². The molecule has 1 rings (SSSR count). The molecule has 0 aromatic carbocycles. The van der Waals surface area contributed by atoms with Crippen molar-refractivity contribution in [2.45, 2.75) is 6.92 Å². The van der Waals surface area contributed by atoms with E-state index < -0.39 is 0 Å². The molecule has 0 unspecified atom stereocenters. The molecule has 0 aromatic rings. The van der Waals surface area contributed by atoms with Gasteiger partial charge in [-0.25, -0.2) is 0 Å². The standard InChI is InChI=1S/C6H7NO/c1-2-5-3-4-6(8)7-5/h2-4H,1H3,(H,7,8)/b5-2-. The number of nitrogens with one attached hydrogen (secondary N) is 1. The van der Waals surface area contributed by atoms with Gasteiger partial charge in [-0.15, -0.1) is 0 Å². The van der Waals surface area contributed by atoms with Gasteiger partial charge in [0.25, 0.3) is 0 Å². The van der Waals surface area contributed by atoms with Gasteiger partial charge in [0.15, 0.2) is 0 Å². The van der Waals surface area contributed by atoms with Gasteiger partial charge in [-0.1, -0.05) is 6.08 Å². The molecule has 8 heavy (non-hydrogen) atoms. The summed E-state index contributed by atoms with van der Waals surface area (Å²) in [6.45, 7) is 1.88. The Kier molecular flexibility index (Phi) is 1.16. The Morgan fingerprint density at radius 3 is 2.62 bits per heavy atom. The third-order valence-corrected chi connectivity index (χ3v) is 0.993. The summed E-state index contributed by atoms with van der Waals surface area (Å²) in [5, 5.41) is 2.61. The van der Waals surface area contributed by atoms with Crippen molar-refractivity contribution in [2.24, 2.45) is 0 Å². The van der Waals surface area contributed by atoms with E-state index in [4.69, 9.17) is 0 Å². The van der Waals surface area contributed by atoms with E-state index in [1.165, 1.54) is 6.08 Å². The average Bonchev–Trinajstić information content (AvgIpc) is 2.14. The van der Waals surface area contributed by atoms with Gasteiger partial charge in [0.2, 0.25) is 5.91 Å². The fourth-order valence-electron chi connectivity index (χ4n) is 0.559. The molecule has 0 bridgehead atoms. The van der Waals surface area contributed by atoms with E-state index in [1.54, 1.807) is 6.08 Å². The Bertz CT molecular complexity index is 167. The van der Waals surface area contributed by atoms with Crippen molar-refractivity contribution in [3.05, 3.63) is 23.9 Å². The van der Waals surface area contributed by atoms with Crippen LogP contribution in [-0.4, -0.2) is 5.91 Å². The number of hydrogen-bond donors (Lipinski definition) is 1. The highest BCUT2D eigenvalue weighted by atomic mass is 16.1. The molecule has 2 heteroatoms. The van der Waals surface area contributed by atoms with Crippen LogP contribution in [0.15, 0.2) is 23.9 Å². The van der Waals surface area contributed by atoms with E-state index in [0.29, 0.717) is 0 Å². The zero-order valence-electron chi connectivity index (χ0n) is 4.64. The molecule has 1 heterocycles. The third-order valence-electron chi connectivity index (χ3n) is 0.993. The molecule has 0 aliphatic carbocycles. The lowest BCUT2D eigenvalue weighted by atomic mass is 10.4. The monoisotopic (exact) mass is 109 g/mol. The van der Waals surface area contributed by atoms with E-state index in [9.17, 15) is 4.79 Å². The lowest BCUT2D eigenvalue weighted by Crippen LogP contribution is -2.12. The van der Waals surface area contributed by atoms with Gasteiger partial charge in [0, 0.05) is 11.8 Å². The summed E-state index contributed by atoms with van der Waals surface area (Å²) in [5.74, 6) is -0.0295. The molecule has 1 amide bonds. The van der Waals surface area contributed by atoms with Crippen LogP contribution in [0.3, 0.4) is 0 Å². The van der Waals surface area contributed by atoms with Gasteiger partial charge in [0.1, 0.15) is 0 Å². The molecular weight excluding hydrogens is 102 g/mol. The second-order valence-corrected chi connectivity index (χ2v) is 1.57. The van der Waals surface area contributed by atoms with Crippen LogP contribution in [0.25, 0.3) is 0 Å². The van der Waals surface area contributed by atoms with Crippen LogP contribution < -0.4 is 5.32 Å². The minimum absolute atomic E-state index is 0.0295. The van der Waals surface area contributed by atoms with Crippen LogP contribution in [0, 0.1) is 0 Å². The maximum Gasteiger partial charge on any atom is 0.248 e. The van der Waals surface area contributed by atoms with Gasteiger partial charge in [-0.3, -0.25) is 4.79 Å². The molecule has 1 aliphatic heterocycles. The zero-order valence-corrected chi connectivity index (χ0v) is 4.64. The Labute approximate surface area is 47.9 Å². The Balaban J connectivity index is 2.73. The second-order valence-electron chi connectivity index (χ2n) is 1.57. The minimum atomic E-state index is -0.0295. The fourth-order valence-corrected chi connectivity index (χ4v) is 0.559. The fraction of sp³-hybridized carbons (Fsp3) is 0.167. The number of amides is 1. The van der Waals surface area contributed by atoms with Crippen molar-refractivity contribution >= 4 is 5.91 Å². The topological polar surface area (TPSA) is 29.1 Å². The Morgan fingerprint density at radius 1 is 1.62 bits per heavy atom. The van der Waals surface area contributed by atoms with Crippen LogP contribution in [0.5, 0.6) is 0 Å². The van der Waals surface area contributed by atoms with Crippen molar-refractivity contribution in [2.75, 3.05) is 0 Å². The molecular formula is C6H7NO. The molecule has 0 saturated carbocycles. The molecule has 0 saturated heterocycles. The number of carbonyl (C=O) groups excluding carboxylic acids is 1. The second kappa shape index (κ2) is 1.82. The third kappa shape index (κ3) is 0.780. The summed E-state index contributed by atoms with van der Waals surface area (Å²) in [6.07, 6.45) is 5.11. The molecule has 0 aromatic heterocycles. The first-order valence-corrected chi connectivity index (χ1v) is 2.48. The van der Waals surface area contributed by atoms with Gasteiger partial charge in [0.05, 0.1) is 0 Å². The lowest BCUT2D eigenvalue weighted by molar-refractivity contribution is -0.115. The average molecular weight is 109 g/mol. The van der Waals surface area contributed by atoms with Crippen molar-refractivity contribution in [1.29, 1.82) is 0 Å². The predicted molar refractivity (Wildman–Crippen MR) is 31.0 cm³/mol. The number of allylic oxidation sites excluding steroid dienone is 2.